The van der Waals surface area contributed by atoms with Crippen molar-refractivity contribution < 1.29 is 28.5 Å². The average Bonchev–Trinajstić information content (AvgIpc) is 3.27. The van der Waals surface area contributed by atoms with Gasteiger partial charge in [0.15, 0.2) is 11.5 Å². The van der Waals surface area contributed by atoms with Gasteiger partial charge in [-0.25, -0.2) is 0 Å². The molecule has 32 heavy (non-hydrogen) atoms. The van der Waals surface area contributed by atoms with E-state index in [0.717, 1.165) is 5.56 Å². The van der Waals surface area contributed by atoms with Gasteiger partial charge in [0.25, 0.3) is 0 Å². The number of aromatic hydroxyl groups is 1. The van der Waals surface area contributed by atoms with Crippen LogP contribution in [0.25, 0.3) is 22.1 Å². The molecule has 1 N–H and O–H groups in total. The average molecular weight is 428 g/mol. The highest BCUT2D eigenvalue weighted by molar-refractivity contribution is 5.94. The third-order valence-electron chi connectivity index (χ3n) is 5.85. The minimum atomic E-state index is -0.449. The predicted molar refractivity (Wildman–Crippen MR) is 114 cm³/mol. The van der Waals surface area contributed by atoms with Gasteiger partial charge in [0.2, 0.25) is 12.2 Å². The summed E-state index contributed by atoms with van der Waals surface area (Å²) in [5.74, 6) is 0.187. The standard InChI is InChI=1S/C25H16O7/c26-17-10-20-22(25-23(17)24(28)16(11-29-25)13-4-2-1-3-5-13)15(9-21(27)32-20)14-6-7-18-19(8-14)31-12-30-18/h1-8,10-11,15,26H,9,12H2/t15-/m0/s1. The van der Waals surface area contributed by atoms with E-state index in [1.807, 2.05) is 30.3 Å². The summed E-state index contributed by atoms with van der Waals surface area (Å²) in [6, 6.07) is 15.8. The summed E-state index contributed by atoms with van der Waals surface area (Å²) in [7, 11) is 0. The molecule has 0 amide bonds. The molecule has 2 aliphatic rings. The number of carbonyl (C=O) groups excluding carboxylic acids is 1. The Kier molecular flexibility index (Phi) is 3.98. The first-order valence-corrected chi connectivity index (χ1v) is 10.1. The summed E-state index contributed by atoms with van der Waals surface area (Å²) in [4.78, 5) is 25.7. The van der Waals surface area contributed by atoms with Gasteiger partial charge in [-0.3, -0.25) is 9.59 Å². The fraction of sp³-hybridized carbons (Fsp3) is 0.120. The fourth-order valence-corrected chi connectivity index (χ4v) is 4.36. The maximum atomic E-state index is 13.3. The van der Waals surface area contributed by atoms with Crippen LogP contribution in [0.5, 0.6) is 23.0 Å². The molecule has 3 heterocycles. The molecule has 1 aromatic heterocycles. The Morgan fingerprint density at radius 2 is 1.72 bits per heavy atom. The lowest BCUT2D eigenvalue weighted by Gasteiger charge is -2.26. The molecule has 0 spiro atoms. The number of hydrogen-bond acceptors (Lipinski definition) is 7. The van der Waals surface area contributed by atoms with Crippen LogP contribution in [0.4, 0.5) is 0 Å². The summed E-state index contributed by atoms with van der Waals surface area (Å²) >= 11 is 0. The van der Waals surface area contributed by atoms with E-state index in [1.165, 1.54) is 12.3 Å². The molecule has 158 valence electrons. The van der Waals surface area contributed by atoms with Crippen molar-refractivity contribution in [2.24, 2.45) is 0 Å². The number of carbonyl (C=O) groups is 1. The highest BCUT2D eigenvalue weighted by Crippen LogP contribution is 2.47. The zero-order chi connectivity index (χ0) is 21.8. The van der Waals surface area contributed by atoms with Crippen LogP contribution in [0.1, 0.15) is 23.5 Å². The first kappa shape index (κ1) is 18.5. The maximum Gasteiger partial charge on any atom is 0.312 e. The SMILES string of the molecule is O=C1C[C@@H](c2ccc3c(c2)OCO3)c2c(cc(O)c3c(=O)c(-c4ccccc4)coc23)O1. The molecule has 0 saturated carbocycles. The van der Waals surface area contributed by atoms with E-state index in [2.05, 4.69) is 0 Å². The molecule has 7 heteroatoms. The molecule has 0 fully saturated rings. The van der Waals surface area contributed by atoms with Crippen molar-refractivity contribution in [1.82, 2.24) is 0 Å². The van der Waals surface area contributed by atoms with Crippen molar-refractivity contribution in [1.29, 1.82) is 0 Å². The number of hydrogen-bond donors (Lipinski definition) is 1. The quantitative estimate of drug-likeness (QED) is 0.375. The van der Waals surface area contributed by atoms with Gasteiger partial charge in [-0.1, -0.05) is 36.4 Å². The molecule has 2 aliphatic heterocycles. The Labute approximate surface area is 181 Å². The monoisotopic (exact) mass is 428 g/mol. The second kappa shape index (κ2) is 6.88. The molecule has 0 aliphatic carbocycles. The summed E-state index contributed by atoms with van der Waals surface area (Å²) < 4.78 is 22.2. The van der Waals surface area contributed by atoms with Crippen LogP contribution < -0.4 is 19.6 Å². The van der Waals surface area contributed by atoms with Gasteiger partial charge in [-0.05, 0) is 23.3 Å². The van der Waals surface area contributed by atoms with Crippen LogP contribution in [0.2, 0.25) is 0 Å². The first-order valence-electron chi connectivity index (χ1n) is 10.1. The van der Waals surface area contributed by atoms with Crippen LogP contribution in [-0.2, 0) is 4.79 Å². The summed E-state index contributed by atoms with van der Waals surface area (Å²) in [6.07, 6.45) is 1.43. The minimum absolute atomic E-state index is 0.0498. The lowest BCUT2D eigenvalue weighted by molar-refractivity contribution is -0.135. The zero-order valence-electron chi connectivity index (χ0n) is 16.7. The van der Waals surface area contributed by atoms with E-state index >= 15 is 0 Å². The van der Waals surface area contributed by atoms with Gasteiger partial charge in [-0.15, -0.1) is 0 Å². The Morgan fingerprint density at radius 3 is 2.56 bits per heavy atom. The number of ether oxygens (including phenoxy) is 3. The molecule has 0 radical (unpaired) electrons. The van der Waals surface area contributed by atoms with E-state index < -0.39 is 11.9 Å². The molecule has 4 aromatic rings. The summed E-state index contributed by atoms with van der Waals surface area (Å²) in [6.45, 7) is 0.135. The molecular weight excluding hydrogens is 412 g/mol. The number of benzene rings is 3. The lowest BCUT2D eigenvalue weighted by atomic mass is 9.84. The zero-order valence-corrected chi connectivity index (χ0v) is 16.7. The molecule has 0 bridgehead atoms. The normalized spacial score (nSPS) is 16.6. The molecule has 0 unspecified atom stereocenters. The van der Waals surface area contributed by atoms with Gasteiger partial charge in [-0.2, -0.15) is 0 Å². The molecule has 1 atom stereocenters. The fourth-order valence-electron chi connectivity index (χ4n) is 4.36. The third kappa shape index (κ3) is 2.75. The molecule has 7 nitrogen and oxygen atoms in total. The van der Waals surface area contributed by atoms with Crippen molar-refractivity contribution in [2.45, 2.75) is 12.3 Å². The Morgan fingerprint density at radius 1 is 0.906 bits per heavy atom. The van der Waals surface area contributed by atoms with Gasteiger partial charge in [0.1, 0.15) is 28.7 Å². The predicted octanol–water partition coefficient (Wildman–Crippen LogP) is 4.34. The van der Waals surface area contributed by atoms with Crippen LogP contribution in [-0.4, -0.2) is 17.9 Å². The molecule has 3 aromatic carbocycles. The van der Waals surface area contributed by atoms with Gasteiger partial charge in [0.05, 0.1) is 12.0 Å². The van der Waals surface area contributed by atoms with Crippen LogP contribution >= 0.6 is 0 Å². The highest BCUT2D eigenvalue weighted by Gasteiger charge is 2.34. The van der Waals surface area contributed by atoms with Crippen molar-refractivity contribution in [3.8, 4) is 34.1 Å². The number of phenols is 1. The smallest absolute Gasteiger partial charge is 0.312 e. The van der Waals surface area contributed by atoms with Crippen LogP contribution in [0.3, 0.4) is 0 Å². The van der Waals surface area contributed by atoms with E-state index in [9.17, 15) is 14.7 Å². The molecule has 0 saturated heterocycles. The lowest BCUT2D eigenvalue weighted by Crippen LogP contribution is -2.22. The van der Waals surface area contributed by atoms with E-state index in [0.29, 0.717) is 28.2 Å². The Balaban J connectivity index is 1.60. The summed E-state index contributed by atoms with van der Waals surface area (Å²) in [5.41, 5.74) is 2.17. The van der Waals surface area contributed by atoms with Crippen molar-refractivity contribution in [3.05, 3.63) is 82.2 Å². The highest BCUT2D eigenvalue weighted by atomic mass is 16.7. The number of phenolic OH excluding ortho intramolecular Hbond substituents is 1. The third-order valence-corrected chi connectivity index (χ3v) is 5.85. The van der Waals surface area contributed by atoms with Crippen molar-refractivity contribution >= 4 is 16.9 Å². The van der Waals surface area contributed by atoms with Crippen molar-refractivity contribution in [3.63, 3.8) is 0 Å². The number of fused-ring (bicyclic) bond motifs is 4. The Hall–Kier alpha value is -4.26. The maximum absolute atomic E-state index is 13.3. The molecular formula is C25H16O7. The topological polar surface area (TPSA) is 95.2 Å². The Bertz CT molecular complexity index is 1450. The first-order chi connectivity index (χ1) is 15.6. The summed E-state index contributed by atoms with van der Waals surface area (Å²) in [5, 5.41) is 10.7. The van der Waals surface area contributed by atoms with Gasteiger partial charge >= 0.3 is 5.97 Å². The van der Waals surface area contributed by atoms with Crippen LogP contribution in [0.15, 0.2) is 70.1 Å². The number of rotatable bonds is 2. The van der Waals surface area contributed by atoms with Gasteiger partial charge in [0, 0.05) is 17.5 Å². The minimum Gasteiger partial charge on any atom is -0.507 e. The molecule has 6 rings (SSSR count). The van der Waals surface area contributed by atoms with Crippen molar-refractivity contribution in [2.75, 3.05) is 6.79 Å². The number of esters is 1. The van der Waals surface area contributed by atoms with Gasteiger partial charge < -0.3 is 23.7 Å². The largest absolute Gasteiger partial charge is 0.507 e. The van der Waals surface area contributed by atoms with E-state index in [-0.39, 0.29) is 41.1 Å². The van der Waals surface area contributed by atoms with Crippen LogP contribution in [0, 0.1) is 0 Å². The van der Waals surface area contributed by atoms with E-state index in [4.69, 9.17) is 18.6 Å². The van der Waals surface area contributed by atoms with E-state index in [1.54, 1.807) is 18.2 Å². The second-order valence-electron chi connectivity index (χ2n) is 7.70. The second-order valence-corrected chi connectivity index (χ2v) is 7.70.